The largest absolute Gasteiger partial charge is 0.361 e. The summed E-state index contributed by atoms with van der Waals surface area (Å²) < 4.78 is 36.0. The molecule has 0 aliphatic rings. The Morgan fingerprint density at radius 1 is 1.10 bits per heavy atom. The lowest BCUT2D eigenvalue weighted by Gasteiger charge is -2.12. The van der Waals surface area contributed by atoms with Crippen LogP contribution in [0.2, 0.25) is 0 Å². The molecule has 2 aromatic carbocycles. The van der Waals surface area contributed by atoms with Gasteiger partial charge in [0.15, 0.2) is 5.96 Å². The van der Waals surface area contributed by atoms with Crippen LogP contribution >= 0.6 is 24.0 Å². The van der Waals surface area contributed by atoms with Crippen LogP contribution in [0.3, 0.4) is 0 Å². The molecule has 0 saturated carbocycles. The van der Waals surface area contributed by atoms with Gasteiger partial charge in [0.2, 0.25) is 10.0 Å². The second kappa shape index (κ2) is 10.7. The predicted octanol–water partition coefficient (Wildman–Crippen LogP) is 2.52. The number of halogens is 2. The number of sulfonamides is 1. The molecular weight excluding hydrogens is 520 g/mol. The highest BCUT2D eigenvalue weighted by Crippen LogP contribution is 2.19. The zero-order chi connectivity index (χ0) is 20.9. The molecule has 3 aromatic rings. The highest BCUT2D eigenvalue weighted by Gasteiger charge is 2.07. The second-order valence-corrected chi connectivity index (χ2v) is 8.18. The number of aromatic nitrogens is 1. The summed E-state index contributed by atoms with van der Waals surface area (Å²) >= 11 is 0. The van der Waals surface area contributed by atoms with Crippen molar-refractivity contribution in [3.8, 4) is 0 Å². The van der Waals surface area contributed by atoms with Gasteiger partial charge in [-0.2, -0.15) is 0 Å². The van der Waals surface area contributed by atoms with Gasteiger partial charge in [-0.05, 0) is 54.3 Å². The predicted molar refractivity (Wildman–Crippen MR) is 128 cm³/mol. The van der Waals surface area contributed by atoms with Gasteiger partial charge in [0, 0.05) is 37.2 Å². The highest BCUT2D eigenvalue weighted by atomic mass is 127. The average Bonchev–Trinajstić information content (AvgIpc) is 3.08. The molecule has 0 radical (unpaired) electrons. The van der Waals surface area contributed by atoms with Crippen LogP contribution in [0.4, 0.5) is 4.39 Å². The Labute approximate surface area is 192 Å². The fourth-order valence-corrected chi connectivity index (χ4v) is 3.58. The molecule has 10 heteroatoms. The number of nitrogens with two attached hydrogens (primary N) is 1. The van der Waals surface area contributed by atoms with Crippen LogP contribution in [0.1, 0.15) is 11.1 Å². The number of fused-ring (bicyclic) bond motifs is 1. The van der Waals surface area contributed by atoms with E-state index in [9.17, 15) is 12.8 Å². The monoisotopic (exact) mass is 545 g/mol. The third-order valence-corrected chi connectivity index (χ3v) is 5.53. The Bertz CT molecular complexity index is 1110. The zero-order valence-corrected chi connectivity index (χ0v) is 19.6. The minimum atomic E-state index is -3.67. The minimum absolute atomic E-state index is 0. The van der Waals surface area contributed by atoms with Crippen molar-refractivity contribution in [2.24, 2.45) is 10.1 Å². The van der Waals surface area contributed by atoms with Crippen molar-refractivity contribution in [2.75, 3.05) is 20.1 Å². The molecule has 0 bridgehead atoms. The first kappa shape index (κ1) is 24.1. The van der Waals surface area contributed by atoms with Gasteiger partial charge < -0.3 is 15.6 Å². The van der Waals surface area contributed by atoms with E-state index in [0.29, 0.717) is 25.5 Å². The van der Waals surface area contributed by atoms with Crippen LogP contribution < -0.4 is 15.8 Å². The van der Waals surface area contributed by atoms with Gasteiger partial charge >= 0.3 is 0 Å². The fraction of sp³-hybridized carbons (Fsp3) is 0.250. The summed E-state index contributed by atoms with van der Waals surface area (Å²) in [7, 11) is -1.98. The van der Waals surface area contributed by atoms with Gasteiger partial charge in [0.25, 0.3) is 0 Å². The summed E-state index contributed by atoms with van der Waals surface area (Å²) in [4.78, 5) is 7.44. The van der Waals surface area contributed by atoms with E-state index < -0.39 is 10.0 Å². The molecule has 0 amide bonds. The number of aliphatic imine (C=N–C) groups is 1. The first-order valence-corrected chi connectivity index (χ1v) is 10.7. The van der Waals surface area contributed by atoms with Crippen LogP contribution in [0.15, 0.2) is 58.5 Å². The molecule has 0 unspecified atom stereocenters. The molecule has 0 atom stereocenters. The van der Waals surface area contributed by atoms with Gasteiger partial charge in [-0.1, -0.05) is 12.1 Å². The normalized spacial score (nSPS) is 11.9. The molecule has 162 valence electrons. The van der Waals surface area contributed by atoms with Crippen molar-refractivity contribution in [1.82, 2.24) is 15.6 Å². The number of aromatic amines is 1. The van der Waals surface area contributed by atoms with Crippen LogP contribution in [0.5, 0.6) is 0 Å². The number of guanidine groups is 1. The molecule has 1 heterocycles. The maximum Gasteiger partial charge on any atom is 0.238 e. The van der Waals surface area contributed by atoms with E-state index in [1.807, 2.05) is 6.20 Å². The summed E-state index contributed by atoms with van der Waals surface area (Å²) in [5.74, 6) is 0.415. The van der Waals surface area contributed by atoms with E-state index in [-0.39, 0.29) is 34.7 Å². The van der Waals surface area contributed by atoms with E-state index in [1.165, 1.54) is 24.3 Å². The molecule has 3 rings (SSSR count). The summed E-state index contributed by atoms with van der Waals surface area (Å²) in [5, 5.41) is 12.4. The van der Waals surface area contributed by atoms with Crippen molar-refractivity contribution in [2.45, 2.75) is 17.7 Å². The summed E-state index contributed by atoms with van der Waals surface area (Å²) in [5.41, 5.74) is 2.94. The summed E-state index contributed by atoms with van der Waals surface area (Å²) in [6.45, 7) is 1.28. The van der Waals surface area contributed by atoms with Gasteiger partial charge in [-0.3, -0.25) is 4.99 Å². The molecule has 5 N–H and O–H groups in total. The highest BCUT2D eigenvalue weighted by molar-refractivity contribution is 14.0. The zero-order valence-electron chi connectivity index (χ0n) is 16.5. The Morgan fingerprint density at radius 3 is 2.40 bits per heavy atom. The van der Waals surface area contributed by atoms with E-state index in [1.54, 1.807) is 25.2 Å². The third kappa shape index (κ3) is 6.41. The minimum Gasteiger partial charge on any atom is -0.361 e. The molecule has 0 aliphatic heterocycles. The van der Waals surface area contributed by atoms with Crippen LogP contribution in [-0.2, 0) is 22.9 Å². The quantitative estimate of drug-likeness (QED) is 0.208. The van der Waals surface area contributed by atoms with Crippen LogP contribution in [-0.4, -0.2) is 39.5 Å². The van der Waals surface area contributed by atoms with Crippen molar-refractivity contribution < 1.29 is 12.8 Å². The topological polar surface area (TPSA) is 112 Å². The Morgan fingerprint density at radius 2 is 1.77 bits per heavy atom. The average molecular weight is 545 g/mol. The molecule has 1 aromatic heterocycles. The SMILES string of the molecule is CN=C(NCCc1ccc(S(N)(=O)=O)cc1)NCCc1c[nH]c2ccc(F)cc12.I. The molecule has 0 spiro atoms. The number of primary sulfonamides is 1. The molecule has 30 heavy (non-hydrogen) atoms. The second-order valence-electron chi connectivity index (χ2n) is 6.62. The van der Waals surface area contributed by atoms with Crippen molar-refractivity contribution in [3.63, 3.8) is 0 Å². The van der Waals surface area contributed by atoms with Crippen LogP contribution in [0.25, 0.3) is 10.9 Å². The number of nitrogens with zero attached hydrogens (tertiary/aromatic N) is 1. The lowest BCUT2D eigenvalue weighted by Crippen LogP contribution is -2.39. The van der Waals surface area contributed by atoms with E-state index in [0.717, 1.165) is 28.5 Å². The molecule has 0 saturated heterocycles. The molecule has 7 nitrogen and oxygen atoms in total. The lowest BCUT2D eigenvalue weighted by molar-refractivity contribution is 0.597. The summed E-state index contributed by atoms with van der Waals surface area (Å²) in [6.07, 6.45) is 3.32. The number of hydrogen-bond acceptors (Lipinski definition) is 3. The first-order chi connectivity index (χ1) is 13.9. The Hall–Kier alpha value is -2.18. The lowest BCUT2D eigenvalue weighted by atomic mass is 10.1. The Balaban J connectivity index is 0.00000320. The van der Waals surface area contributed by atoms with Crippen molar-refractivity contribution >= 4 is 50.9 Å². The Kier molecular flexibility index (Phi) is 8.62. The fourth-order valence-electron chi connectivity index (χ4n) is 3.06. The van der Waals surface area contributed by atoms with Gasteiger partial charge in [0.1, 0.15) is 5.82 Å². The third-order valence-electron chi connectivity index (χ3n) is 4.60. The van der Waals surface area contributed by atoms with Crippen LogP contribution in [0, 0.1) is 5.82 Å². The molecule has 0 fully saturated rings. The standard InChI is InChI=1S/C20H24FN5O2S.HI/c1-23-20(24-10-8-14-2-5-17(6-3-14)29(22,27)28)25-11-9-15-13-26-19-7-4-16(21)12-18(15)19;/h2-7,12-13,26H,8-11H2,1H3,(H2,22,27,28)(H2,23,24,25);1H. The van der Waals surface area contributed by atoms with Gasteiger partial charge in [0.05, 0.1) is 4.90 Å². The number of benzene rings is 2. The summed E-state index contributed by atoms with van der Waals surface area (Å²) in [6, 6.07) is 11.2. The van der Waals surface area contributed by atoms with Crippen molar-refractivity contribution in [3.05, 3.63) is 65.6 Å². The van der Waals surface area contributed by atoms with E-state index in [2.05, 4.69) is 20.6 Å². The molecular formula is C20H25FIN5O2S. The maximum absolute atomic E-state index is 13.5. The number of H-pyrrole nitrogens is 1. The van der Waals surface area contributed by atoms with Crippen molar-refractivity contribution in [1.29, 1.82) is 0 Å². The number of nitrogens with one attached hydrogen (secondary N) is 3. The van der Waals surface area contributed by atoms with Gasteiger partial charge in [-0.25, -0.2) is 17.9 Å². The first-order valence-electron chi connectivity index (χ1n) is 9.18. The van der Waals surface area contributed by atoms with E-state index in [4.69, 9.17) is 5.14 Å². The number of rotatable bonds is 7. The maximum atomic E-state index is 13.5. The molecule has 0 aliphatic carbocycles. The number of hydrogen-bond donors (Lipinski definition) is 4. The smallest absolute Gasteiger partial charge is 0.238 e. The van der Waals surface area contributed by atoms with Gasteiger partial charge in [-0.15, -0.1) is 24.0 Å². The van der Waals surface area contributed by atoms with E-state index >= 15 is 0 Å².